The maximum atomic E-state index is 12.2. The standard InChI is InChI=1S/C5H7F2N.ClH/c1-4-2-8-3-5(4,6)7;/h8H,1-3H2;1H. The smallest absolute Gasteiger partial charge is 0.282 e. The number of hydrogen-bond donors (Lipinski definition) is 1. The van der Waals surface area contributed by atoms with E-state index in [2.05, 4.69) is 11.9 Å². The van der Waals surface area contributed by atoms with Crippen LogP contribution in [0.2, 0.25) is 0 Å². The van der Waals surface area contributed by atoms with Crippen LogP contribution in [0.3, 0.4) is 0 Å². The summed E-state index contributed by atoms with van der Waals surface area (Å²) in [6.45, 7) is 3.21. The zero-order chi connectivity index (χ0) is 6.20. The van der Waals surface area contributed by atoms with Crippen molar-refractivity contribution >= 4 is 12.4 Å². The van der Waals surface area contributed by atoms with Gasteiger partial charge < -0.3 is 5.32 Å². The first-order chi connectivity index (χ1) is 3.63. The van der Waals surface area contributed by atoms with Crippen molar-refractivity contribution in [1.82, 2.24) is 5.32 Å². The second-order valence-electron chi connectivity index (χ2n) is 1.91. The Labute approximate surface area is 58.5 Å². The van der Waals surface area contributed by atoms with Crippen molar-refractivity contribution in [3.63, 3.8) is 0 Å². The van der Waals surface area contributed by atoms with E-state index in [-0.39, 0.29) is 31.1 Å². The molecule has 1 aliphatic heterocycles. The molecule has 1 fully saturated rings. The number of halogens is 3. The van der Waals surface area contributed by atoms with Gasteiger partial charge in [0, 0.05) is 12.1 Å². The lowest BCUT2D eigenvalue weighted by molar-refractivity contribution is 0.0631. The minimum atomic E-state index is -2.65. The van der Waals surface area contributed by atoms with Crippen LogP contribution in [0.15, 0.2) is 12.2 Å². The second kappa shape index (κ2) is 2.62. The van der Waals surface area contributed by atoms with Gasteiger partial charge in [0.15, 0.2) is 0 Å². The molecule has 4 heteroatoms. The Morgan fingerprint density at radius 2 is 2.11 bits per heavy atom. The summed E-state index contributed by atoms with van der Waals surface area (Å²) >= 11 is 0. The third-order valence-corrected chi connectivity index (χ3v) is 1.20. The number of nitrogens with one attached hydrogen (secondary N) is 1. The molecule has 9 heavy (non-hydrogen) atoms. The minimum Gasteiger partial charge on any atom is -0.307 e. The predicted molar refractivity (Wildman–Crippen MR) is 34.2 cm³/mol. The SMILES string of the molecule is C=C1CNCC1(F)F.Cl. The van der Waals surface area contributed by atoms with Crippen LogP contribution in [-0.4, -0.2) is 19.0 Å². The Bertz CT molecular complexity index is 124. The quantitative estimate of drug-likeness (QED) is 0.519. The molecule has 1 aliphatic rings. The van der Waals surface area contributed by atoms with Crippen molar-refractivity contribution < 1.29 is 8.78 Å². The maximum Gasteiger partial charge on any atom is 0.282 e. The van der Waals surface area contributed by atoms with E-state index in [0.29, 0.717) is 0 Å². The summed E-state index contributed by atoms with van der Waals surface area (Å²) in [6, 6.07) is 0. The average molecular weight is 156 g/mol. The van der Waals surface area contributed by atoms with Gasteiger partial charge in [-0.3, -0.25) is 0 Å². The Morgan fingerprint density at radius 3 is 2.22 bits per heavy atom. The normalized spacial score (nSPS) is 23.6. The van der Waals surface area contributed by atoms with Gasteiger partial charge in [-0.2, -0.15) is 0 Å². The van der Waals surface area contributed by atoms with Gasteiger partial charge in [0.1, 0.15) is 0 Å². The van der Waals surface area contributed by atoms with Gasteiger partial charge in [-0.15, -0.1) is 12.4 Å². The van der Waals surface area contributed by atoms with Gasteiger partial charge in [0.05, 0.1) is 6.54 Å². The van der Waals surface area contributed by atoms with Crippen LogP contribution in [0, 0.1) is 0 Å². The van der Waals surface area contributed by atoms with Crippen LogP contribution in [0.1, 0.15) is 0 Å². The Morgan fingerprint density at radius 1 is 1.56 bits per heavy atom. The van der Waals surface area contributed by atoms with E-state index in [4.69, 9.17) is 0 Å². The van der Waals surface area contributed by atoms with Crippen LogP contribution in [-0.2, 0) is 0 Å². The minimum absolute atomic E-state index is 0. The molecule has 54 valence electrons. The Balaban J connectivity index is 0.000000640. The van der Waals surface area contributed by atoms with Crippen molar-refractivity contribution in [2.24, 2.45) is 0 Å². The molecule has 0 aliphatic carbocycles. The van der Waals surface area contributed by atoms with Gasteiger partial charge in [0.25, 0.3) is 5.92 Å². The third kappa shape index (κ3) is 1.63. The first-order valence-electron chi connectivity index (χ1n) is 2.40. The molecule has 1 nitrogen and oxygen atoms in total. The lowest BCUT2D eigenvalue weighted by atomic mass is 10.2. The van der Waals surface area contributed by atoms with E-state index in [1.165, 1.54) is 0 Å². The molecule has 0 aromatic rings. The monoisotopic (exact) mass is 155 g/mol. The average Bonchev–Trinajstić information content (AvgIpc) is 1.86. The fourth-order valence-corrected chi connectivity index (χ4v) is 0.625. The van der Waals surface area contributed by atoms with Crippen LogP contribution in [0.4, 0.5) is 8.78 Å². The summed E-state index contributed by atoms with van der Waals surface area (Å²) < 4.78 is 24.4. The molecular formula is C5H8ClF2N. The Kier molecular flexibility index (Phi) is 2.58. The van der Waals surface area contributed by atoms with Crippen molar-refractivity contribution in [2.75, 3.05) is 13.1 Å². The second-order valence-corrected chi connectivity index (χ2v) is 1.91. The zero-order valence-electron chi connectivity index (χ0n) is 4.79. The van der Waals surface area contributed by atoms with Crippen molar-refractivity contribution in [3.05, 3.63) is 12.2 Å². The molecule has 1 rings (SSSR count). The molecule has 0 bridgehead atoms. The lowest BCUT2D eigenvalue weighted by Gasteiger charge is -2.05. The molecule has 1 saturated heterocycles. The topological polar surface area (TPSA) is 12.0 Å². The van der Waals surface area contributed by atoms with E-state index >= 15 is 0 Å². The van der Waals surface area contributed by atoms with Gasteiger partial charge >= 0.3 is 0 Å². The van der Waals surface area contributed by atoms with Crippen LogP contribution in [0.5, 0.6) is 0 Å². The zero-order valence-corrected chi connectivity index (χ0v) is 5.60. The van der Waals surface area contributed by atoms with E-state index in [1.807, 2.05) is 0 Å². The van der Waals surface area contributed by atoms with Crippen LogP contribution >= 0.6 is 12.4 Å². The molecule has 1 heterocycles. The summed E-state index contributed by atoms with van der Waals surface area (Å²) in [4.78, 5) is 0. The fraction of sp³-hybridized carbons (Fsp3) is 0.600. The molecular weight excluding hydrogens is 148 g/mol. The highest BCUT2D eigenvalue weighted by molar-refractivity contribution is 5.85. The van der Waals surface area contributed by atoms with E-state index in [9.17, 15) is 8.78 Å². The molecule has 0 spiro atoms. The largest absolute Gasteiger partial charge is 0.307 e. The van der Waals surface area contributed by atoms with Crippen LogP contribution < -0.4 is 5.32 Å². The van der Waals surface area contributed by atoms with E-state index in [1.54, 1.807) is 0 Å². The van der Waals surface area contributed by atoms with E-state index < -0.39 is 5.92 Å². The van der Waals surface area contributed by atoms with Gasteiger partial charge in [-0.05, 0) is 0 Å². The van der Waals surface area contributed by atoms with Crippen molar-refractivity contribution in [1.29, 1.82) is 0 Å². The highest BCUT2D eigenvalue weighted by Gasteiger charge is 2.36. The molecule has 0 atom stereocenters. The van der Waals surface area contributed by atoms with Gasteiger partial charge in [-0.1, -0.05) is 6.58 Å². The first-order valence-corrected chi connectivity index (χ1v) is 2.40. The molecule has 0 unspecified atom stereocenters. The molecule has 0 aromatic carbocycles. The van der Waals surface area contributed by atoms with Gasteiger partial charge in [0.2, 0.25) is 0 Å². The van der Waals surface area contributed by atoms with E-state index in [0.717, 1.165) is 0 Å². The molecule has 0 aromatic heterocycles. The highest BCUT2D eigenvalue weighted by atomic mass is 35.5. The molecule has 0 radical (unpaired) electrons. The maximum absolute atomic E-state index is 12.2. The summed E-state index contributed by atoms with van der Waals surface area (Å²) in [7, 11) is 0. The number of rotatable bonds is 0. The summed E-state index contributed by atoms with van der Waals surface area (Å²) in [5, 5.41) is 2.51. The number of alkyl halides is 2. The van der Waals surface area contributed by atoms with Crippen LogP contribution in [0.25, 0.3) is 0 Å². The lowest BCUT2D eigenvalue weighted by Crippen LogP contribution is -2.20. The fourth-order valence-electron chi connectivity index (χ4n) is 0.625. The molecule has 0 saturated carbocycles. The summed E-state index contributed by atoms with van der Waals surface area (Å²) in [5.41, 5.74) is -0.00231. The van der Waals surface area contributed by atoms with Gasteiger partial charge in [-0.25, -0.2) is 8.78 Å². The number of hydrogen-bond acceptors (Lipinski definition) is 1. The predicted octanol–water partition coefficient (Wildman–Crippen LogP) is 1.20. The van der Waals surface area contributed by atoms with Crippen molar-refractivity contribution in [3.8, 4) is 0 Å². The van der Waals surface area contributed by atoms with Crippen molar-refractivity contribution in [2.45, 2.75) is 5.92 Å². The Hall–Kier alpha value is -0.150. The highest BCUT2D eigenvalue weighted by Crippen LogP contribution is 2.24. The summed E-state index contributed by atoms with van der Waals surface area (Å²) in [6.07, 6.45) is 0. The summed E-state index contributed by atoms with van der Waals surface area (Å²) in [5.74, 6) is -2.65. The third-order valence-electron chi connectivity index (χ3n) is 1.20. The first kappa shape index (κ1) is 8.85. The molecule has 0 amide bonds. The molecule has 1 N–H and O–H groups in total.